The first kappa shape index (κ1) is 13.8. The van der Waals surface area contributed by atoms with E-state index in [2.05, 4.69) is 0 Å². The molecule has 0 aromatic heterocycles. The molecule has 0 radical (unpaired) electrons. The summed E-state index contributed by atoms with van der Waals surface area (Å²) < 4.78 is 0. The zero-order valence-electron chi connectivity index (χ0n) is 12.1. The molecule has 4 nitrogen and oxygen atoms in total. The highest BCUT2D eigenvalue weighted by molar-refractivity contribution is 6.25. The first-order valence-electron chi connectivity index (χ1n) is 7.30. The van der Waals surface area contributed by atoms with Gasteiger partial charge < -0.3 is 5.73 Å². The van der Waals surface area contributed by atoms with Crippen LogP contribution in [0.4, 0.5) is 0 Å². The van der Waals surface area contributed by atoms with Crippen LogP contribution in [-0.2, 0) is 6.42 Å². The minimum Gasteiger partial charge on any atom is -0.330 e. The van der Waals surface area contributed by atoms with Crippen LogP contribution in [0.3, 0.4) is 0 Å². The second-order valence-corrected chi connectivity index (χ2v) is 5.30. The Bertz CT molecular complexity index is 715. The summed E-state index contributed by atoms with van der Waals surface area (Å²) in [6, 6.07) is 9.42. The highest BCUT2D eigenvalue weighted by Crippen LogP contribution is 2.32. The molecule has 2 aromatic carbocycles. The first-order valence-corrected chi connectivity index (χ1v) is 7.30. The third kappa shape index (κ3) is 2.03. The Morgan fingerprint density at radius 3 is 2.43 bits per heavy atom. The third-order valence-electron chi connectivity index (χ3n) is 3.94. The number of carbonyl (C=O) groups excluding carboxylic acids is 2. The number of nitrogens with two attached hydrogens (primary N) is 1. The summed E-state index contributed by atoms with van der Waals surface area (Å²) in [6.45, 7) is 2.96. The van der Waals surface area contributed by atoms with Crippen molar-refractivity contribution in [3.05, 3.63) is 47.0 Å². The summed E-state index contributed by atoms with van der Waals surface area (Å²) in [6.07, 6.45) is 1.50. The van der Waals surface area contributed by atoms with Crippen molar-refractivity contribution in [1.82, 2.24) is 4.90 Å². The van der Waals surface area contributed by atoms with Gasteiger partial charge in [0.25, 0.3) is 11.8 Å². The van der Waals surface area contributed by atoms with E-state index in [0.29, 0.717) is 24.2 Å². The molecule has 0 fully saturated rings. The lowest BCUT2D eigenvalue weighted by Crippen LogP contribution is -2.40. The molecule has 2 aromatic rings. The zero-order valence-corrected chi connectivity index (χ0v) is 12.1. The van der Waals surface area contributed by atoms with Crippen molar-refractivity contribution in [3.63, 3.8) is 0 Å². The molecule has 1 aliphatic rings. The minimum atomic E-state index is -0.190. The largest absolute Gasteiger partial charge is 0.330 e. The van der Waals surface area contributed by atoms with Crippen molar-refractivity contribution >= 4 is 22.6 Å². The van der Waals surface area contributed by atoms with Crippen LogP contribution >= 0.6 is 0 Å². The molecule has 1 heterocycles. The maximum atomic E-state index is 12.6. The number of benzene rings is 2. The van der Waals surface area contributed by atoms with Crippen LogP contribution in [0.2, 0.25) is 0 Å². The third-order valence-corrected chi connectivity index (χ3v) is 3.94. The summed E-state index contributed by atoms with van der Waals surface area (Å²) in [5.74, 6) is -0.380. The molecule has 108 valence electrons. The fourth-order valence-electron chi connectivity index (χ4n) is 3.01. The van der Waals surface area contributed by atoms with Gasteiger partial charge in [0.1, 0.15) is 0 Å². The number of nitrogens with zero attached hydrogens (tertiary/aromatic N) is 1. The molecule has 0 bridgehead atoms. The van der Waals surface area contributed by atoms with Gasteiger partial charge in [0.2, 0.25) is 0 Å². The quantitative estimate of drug-likeness (QED) is 0.875. The van der Waals surface area contributed by atoms with E-state index in [1.807, 2.05) is 31.2 Å². The predicted octanol–water partition coefficient (Wildman–Crippen LogP) is 2.35. The van der Waals surface area contributed by atoms with E-state index >= 15 is 0 Å². The van der Waals surface area contributed by atoms with E-state index < -0.39 is 0 Å². The number of carbonyl (C=O) groups is 2. The van der Waals surface area contributed by atoms with Crippen LogP contribution in [0.25, 0.3) is 10.8 Å². The lowest BCUT2D eigenvalue weighted by Gasteiger charge is -2.27. The van der Waals surface area contributed by atoms with Crippen LogP contribution in [0, 0.1) is 0 Å². The molecular formula is C17H18N2O2. The molecule has 21 heavy (non-hydrogen) atoms. The van der Waals surface area contributed by atoms with Gasteiger partial charge in [-0.25, -0.2) is 0 Å². The van der Waals surface area contributed by atoms with E-state index in [1.165, 1.54) is 4.90 Å². The topological polar surface area (TPSA) is 63.4 Å². The van der Waals surface area contributed by atoms with Crippen molar-refractivity contribution in [2.24, 2.45) is 5.73 Å². The Kier molecular flexibility index (Phi) is 3.47. The Labute approximate surface area is 123 Å². The van der Waals surface area contributed by atoms with E-state index in [1.54, 1.807) is 6.07 Å². The Morgan fingerprint density at radius 1 is 1.05 bits per heavy atom. The van der Waals surface area contributed by atoms with Crippen molar-refractivity contribution in [2.75, 3.05) is 13.1 Å². The van der Waals surface area contributed by atoms with Gasteiger partial charge in [0, 0.05) is 23.1 Å². The molecule has 4 heteroatoms. The lowest BCUT2D eigenvalue weighted by molar-refractivity contribution is 0.0610. The SMILES string of the molecule is CCCN1C(=O)c2cccc3c(CCN)ccc(c23)C1=O. The van der Waals surface area contributed by atoms with E-state index in [9.17, 15) is 9.59 Å². The Balaban J connectivity index is 2.28. The Morgan fingerprint density at radius 2 is 1.76 bits per heavy atom. The van der Waals surface area contributed by atoms with E-state index in [4.69, 9.17) is 5.73 Å². The molecular weight excluding hydrogens is 264 g/mol. The van der Waals surface area contributed by atoms with Gasteiger partial charge in [-0.1, -0.05) is 25.1 Å². The summed E-state index contributed by atoms with van der Waals surface area (Å²) in [4.78, 5) is 26.5. The summed E-state index contributed by atoms with van der Waals surface area (Å²) in [7, 11) is 0. The molecule has 1 aliphatic heterocycles. The van der Waals surface area contributed by atoms with Crippen LogP contribution in [0.15, 0.2) is 30.3 Å². The maximum Gasteiger partial charge on any atom is 0.261 e. The zero-order chi connectivity index (χ0) is 15.0. The second-order valence-electron chi connectivity index (χ2n) is 5.30. The molecule has 0 saturated heterocycles. The monoisotopic (exact) mass is 282 g/mol. The van der Waals surface area contributed by atoms with Crippen LogP contribution in [-0.4, -0.2) is 29.8 Å². The molecule has 0 spiro atoms. The van der Waals surface area contributed by atoms with Crippen LogP contribution in [0.5, 0.6) is 0 Å². The van der Waals surface area contributed by atoms with Gasteiger partial charge in [-0.3, -0.25) is 14.5 Å². The highest BCUT2D eigenvalue weighted by Gasteiger charge is 2.32. The van der Waals surface area contributed by atoms with Gasteiger partial charge in [-0.2, -0.15) is 0 Å². The maximum absolute atomic E-state index is 12.6. The molecule has 2 amide bonds. The minimum absolute atomic E-state index is 0.190. The number of imide groups is 1. The summed E-state index contributed by atoms with van der Waals surface area (Å²) in [5, 5.41) is 1.75. The number of hydrogen-bond donors (Lipinski definition) is 1. The molecule has 2 N–H and O–H groups in total. The molecule has 3 rings (SSSR count). The first-order chi connectivity index (χ1) is 10.2. The average Bonchev–Trinajstić information content (AvgIpc) is 2.50. The van der Waals surface area contributed by atoms with Gasteiger partial charge in [0.15, 0.2) is 0 Å². The molecule has 0 aliphatic carbocycles. The van der Waals surface area contributed by atoms with Gasteiger partial charge in [-0.15, -0.1) is 0 Å². The Hall–Kier alpha value is -2.20. The average molecular weight is 282 g/mol. The molecule has 0 unspecified atom stereocenters. The number of hydrogen-bond acceptors (Lipinski definition) is 3. The van der Waals surface area contributed by atoms with Crippen molar-refractivity contribution < 1.29 is 9.59 Å². The smallest absolute Gasteiger partial charge is 0.261 e. The van der Waals surface area contributed by atoms with Crippen molar-refractivity contribution in [1.29, 1.82) is 0 Å². The van der Waals surface area contributed by atoms with Crippen molar-refractivity contribution in [3.8, 4) is 0 Å². The van der Waals surface area contributed by atoms with Crippen molar-refractivity contribution in [2.45, 2.75) is 19.8 Å². The number of rotatable bonds is 4. The highest BCUT2D eigenvalue weighted by atomic mass is 16.2. The predicted molar refractivity (Wildman–Crippen MR) is 82.4 cm³/mol. The van der Waals surface area contributed by atoms with Gasteiger partial charge >= 0.3 is 0 Å². The molecule has 0 atom stereocenters. The van der Waals surface area contributed by atoms with E-state index in [-0.39, 0.29) is 11.8 Å². The van der Waals surface area contributed by atoms with Crippen LogP contribution < -0.4 is 5.73 Å². The van der Waals surface area contributed by atoms with Crippen LogP contribution in [0.1, 0.15) is 39.6 Å². The summed E-state index contributed by atoms with van der Waals surface area (Å²) in [5.41, 5.74) is 7.97. The van der Waals surface area contributed by atoms with Gasteiger partial charge in [0.05, 0.1) is 0 Å². The lowest BCUT2D eigenvalue weighted by atomic mass is 9.90. The fourth-order valence-corrected chi connectivity index (χ4v) is 3.01. The van der Waals surface area contributed by atoms with Gasteiger partial charge in [-0.05, 0) is 42.5 Å². The van der Waals surface area contributed by atoms with E-state index in [0.717, 1.165) is 29.2 Å². The summed E-state index contributed by atoms with van der Waals surface area (Å²) >= 11 is 0. The normalized spacial score (nSPS) is 14.1. The second kappa shape index (κ2) is 5.30. The number of amides is 2. The fraction of sp³-hybridized carbons (Fsp3) is 0.294. The molecule has 0 saturated carbocycles. The standard InChI is InChI=1S/C17H18N2O2/c1-2-10-19-16(20)13-5-3-4-12-11(8-9-18)6-7-14(15(12)13)17(19)21/h3-7H,2,8-10,18H2,1H3.